The number of halogens is 1. The predicted molar refractivity (Wildman–Crippen MR) is 74.8 cm³/mol. The summed E-state index contributed by atoms with van der Waals surface area (Å²) in [6, 6.07) is 0.968. The molecule has 2 aliphatic heterocycles. The number of likely N-dealkylation sites (tertiary alicyclic amines) is 1. The van der Waals surface area contributed by atoms with Crippen molar-refractivity contribution in [3.8, 4) is 0 Å². The Morgan fingerprint density at radius 2 is 1.88 bits per heavy atom. The van der Waals surface area contributed by atoms with Gasteiger partial charge in [0.15, 0.2) is 0 Å². The SMILES string of the molecule is C1CNCC(CN2CCCC3CCCC32)C1.Cl. The maximum absolute atomic E-state index is 3.56. The molecule has 0 radical (unpaired) electrons. The van der Waals surface area contributed by atoms with E-state index in [1.165, 1.54) is 71.1 Å². The van der Waals surface area contributed by atoms with Gasteiger partial charge >= 0.3 is 0 Å². The molecule has 3 fully saturated rings. The maximum Gasteiger partial charge on any atom is 0.0124 e. The molecule has 1 aliphatic carbocycles. The van der Waals surface area contributed by atoms with Crippen LogP contribution in [0.25, 0.3) is 0 Å². The summed E-state index contributed by atoms with van der Waals surface area (Å²) in [4.78, 5) is 2.85. The number of hydrogen-bond donors (Lipinski definition) is 1. The minimum absolute atomic E-state index is 0. The minimum atomic E-state index is 0. The molecule has 0 amide bonds. The highest BCUT2D eigenvalue weighted by Gasteiger charge is 2.35. The van der Waals surface area contributed by atoms with E-state index in [2.05, 4.69) is 10.2 Å². The molecule has 3 aliphatic rings. The summed E-state index contributed by atoms with van der Waals surface area (Å²) in [5.41, 5.74) is 0. The molecule has 2 heterocycles. The van der Waals surface area contributed by atoms with Crippen LogP contribution in [0.15, 0.2) is 0 Å². The van der Waals surface area contributed by atoms with E-state index >= 15 is 0 Å². The third kappa shape index (κ3) is 3.15. The van der Waals surface area contributed by atoms with Crippen molar-refractivity contribution >= 4 is 12.4 Å². The zero-order chi connectivity index (χ0) is 10.8. The zero-order valence-electron chi connectivity index (χ0n) is 10.9. The van der Waals surface area contributed by atoms with Gasteiger partial charge in [-0.3, -0.25) is 4.90 Å². The molecule has 3 atom stereocenters. The van der Waals surface area contributed by atoms with Gasteiger partial charge in [0.25, 0.3) is 0 Å². The molecule has 2 nitrogen and oxygen atoms in total. The monoisotopic (exact) mass is 258 g/mol. The van der Waals surface area contributed by atoms with Crippen LogP contribution < -0.4 is 5.32 Å². The topological polar surface area (TPSA) is 15.3 Å². The Morgan fingerprint density at radius 1 is 1.00 bits per heavy atom. The van der Waals surface area contributed by atoms with E-state index in [4.69, 9.17) is 0 Å². The largest absolute Gasteiger partial charge is 0.316 e. The average Bonchev–Trinajstić information content (AvgIpc) is 2.80. The summed E-state index contributed by atoms with van der Waals surface area (Å²) >= 11 is 0. The van der Waals surface area contributed by atoms with Gasteiger partial charge in [0.2, 0.25) is 0 Å². The van der Waals surface area contributed by atoms with Gasteiger partial charge in [-0.15, -0.1) is 12.4 Å². The van der Waals surface area contributed by atoms with Crippen LogP contribution in [-0.2, 0) is 0 Å². The fourth-order valence-electron chi connectivity index (χ4n) is 4.20. The lowest BCUT2D eigenvalue weighted by molar-refractivity contribution is 0.0888. The predicted octanol–water partition coefficient (Wildman–Crippen LogP) is 2.67. The first kappa shape index (κ1) is 13.6. The quantitative estimate of drug-likeness (QED) is 0.819. The molecule has 0 aromatic rings. The van der Waals surface area contributed by atoms with E-state index < -0.39 is 0 Å². The highest BCUT2D eigenvalue weighted by molar-refractivity contribution is 5.85. The normalized spacial score (nSPS) is 38.5. The molecule has 0 bridgehead atoms. The molecule has 1 saturated carbocycles. The highest BCUT2D eigenvalue weighted by Crippen LogP contribution is 2.37. The third-order valence-corrected chi connectivity index (χ3v) is 5.00. The highest BCUT2D eigenvalue weighted by atomic mass is 35.5. The van der Waals surface area contributed by atoms with Crippen molar-refractivity contribution in [1.82, 2.24) is 10.2 Å². The lowest BCUT2D eigenvalue weighted by Gasteiger charge is -2.40. The first-order valence-corrected chi connectivity index (χ1v) is 7.38. The van der Waals surface area contributed by atoms with E-state index in [-0.39, 0.29) is 12.4 Å². The lowest BCUT2D eigenvalue weighted by atomic mass is 9.90. The fourth-order valence-corrected chi connectivity index (χ4v) is 4.20. The summed E-state index contributed by atoms with van der Waals surface area (Å²) in [5.74, 6) is 2.00. The smallest absolute Gasteiger partial charge is 0.0124 e. The number of nitrogens with one attached hydrogen (secondary N) is 1. The van der Waals surface area contributed by atoms with Gasteiger partial charge in [-0.2, -0.15) is 0 Å². The van der Waals surface area contributed by atoms with E-state index in [0.717, 1.165) is 17.9 Å². The molecule has 3 heteroatoms. The molecule has 1 N–H and O–H groups in total. The van der Waals surface area contributed by atoms with E-state index in [0.29, 0.717) is 0 Å². The van der Waals surface area contributed by atoms with Crippen molar-refractivity contribution in [3.63, 3.8) is 0 Å². The van der Waals surface area contributed by atoms with Crippen LogP contribution in [0.2, 0.25) is 0 Å². The van der Waals surface area contributed by atoms with E-state index in [1.54, 1.807) is 0 Å². The van der Waals surface area contributed by atoms with E-state index in [1.807, 2.05) is 0 Å². The van der Waals surface area contributed by atoms with Crippen LogP contribution >= 0.6 is 12.4 Å². The third-order valence-electron chi connectivity index (χ3n) is 5.00. The second-order valence-corrected chi connectivity index (χ2v) is 6.11. The van der Waals surface area contributed by atoms with Crippen LogP contribution in [0.1, 0.15) is 44.9 Å². The van der Waals surface area contributed by atoms with Crippen LogP contribution in [-0.4, -0.2) is 37.1 Å². The molecule has 0 aromatic heterocycles. The summed E-state index contributed by atoms with van der Waals surface area (Å²) in [6.45, 7) is 5.29. The van der Waals surface area contributed by atoms with Gasteiger partial charge in [-0.05, 0) is 70.0 Å². The summed E-state index contributed by atoms with van der Waals surface area (Å²) < 4.78 is 0. The van der Waals surface area contributed by atoms with Crippen molar-refractivity contribution < 1.29 is 0 Å². The number of fused-ring (bicyclic) bond motifs is 1. The van der Waals surface area contributed by atoms with Gasteiger partial charge in [-0.25, -0.2) is 0 Å². The molecular weight excluding hydrogens is 232 g/mol. The average molecular weight is 259 g/mol. The Balaban J connectivity index is 0.00000108. The summed E-state index contributed by atoms with van der Waals surface area (Å²) in [6.07, 6.45) is 10.3. The first-order chi connectivity index (χ1) is 7.93. The summed E-state index contributed by atoms with van der Waals surface area (Å²) in [7, 11) is 0. The van der Waals surface area contributed by atoms with Gasteiger partial charge in [0, 0.05) is 12.6 Å². The van der Waals surface area contributed by atoms with Crippen molar-refractivity contribution in [2.45, 2.75) is 51.0 Å². The molecule has 3 unspecified atom stereocenters. The van der Waals surface area contributed by atoms with Gasteiger partial charge < -0.3 is 5.32 Å². The van der Waals surface area contributed by atoms with E-state index in [9.17, 15) is 0 Å². The molecule has 3 rings (SSSR count). The number of rotatable bonds is 2. The van der Waals surface area contributed by atoms with Gasteiger partial charge in [0.05, 0.1) is 0 Å². The zero-order valence-corrected chi connectivity index (χ0v) is 11.7. The van der Waals surface area contributed by atoms with Crippen molar-refractivity contribution in [2.24, 2.45) is 11.8 Å². The molecule has 17 heavy (non-hydrogen) atoms. The summed E-state index contributed by atoms with van der Waals surface area (Å²) in [5, 5.41) is 3.56. The standard InChI is InChI=1S/C14H26N2.ClH/c1-5-13-6-3-9-16(14(13)7-1)11-12-4-2-8-15-10-12;/h12-15H,1-11H2;1H. The Labute approximate surface area is 112 Å². The first-order valence-electron chi connectivity index (χ1n) is 7.38. The van der Waals surface area contributed by atoms with Crippen molar-refractivity contribution in [3.05, 3.63) is 0 Å². The Kier molecular flexibility index (Phi) is 5.13. The minimum Gasteiger partial charge on any atom is -0.316 e. The molecule has 2 saturated heterocycles. The number of nitrogens with zero attached hydrogens (tertiary/aromatic N) is 1. The lowest BCUT2D eigenvalue weighted by Crippen LogP contribution is -2.47. The van der Waals surface area contributed by atoms with Crippen molar-refractivity contribution in [2.75, 3.05) is 26.2 Å². The van der Waals surface area contributed by atoms with Crippen LogP contribution in [0.4, 0.5) is 0 Å². The molecule has 0 spiro atoms. The van der Waals surface area contributed by atoms with Crippen LogP contribution in [0, 0.1) is 11.8 Å². The fraction of sp³-hybridized carbons (Fsp3) is 1.00. The molecular formula is C14H27ClN2. The number of hydrogen-bond acceptors (Lipinski definition) is 2. The molecule has 100 valence electrons. The Hall–Kier alpha value is 0.210. The van der Waals surface area contributed by atoms with Gasteiger partial charge in [0.1, 0.15) is 0 Å². The maximum atomic E-state index is 3.56. The van der Waals surface area contributed by atoms with Crippen molar-refractivity contribution in [1.29, 1.82) is 0 Å². The van der Waals surface area contributed by atoms with Crippen LogP contribution in [0.5, 0.6) is 0 Å². The number of piperidine rings is 2. The van der Waals surface area contributed by atoms with Crippen LogP contribution in [0.3, 0.4) is 0 Å². The van der Waals surface area contributed by atoms with Gasteiger partial charge in [-0.1, -0.05) is 6.42 Å². The Morgan fingerprint density at radius 3 is 2.71 bits per heavy atom. The second kappa shape index (κ2) is 6.40. The second-order valence-electron chi connectivity index (χ2n) is 6.11. The molecule has 0 aromatic carbocycles. The Bertz CT molecular complexity index is 228.